The van der Waals surface area contributed by atoms with Gasteiger partial charge in [0.25, 0.3) is 0 Å². The van der Waals surface area contributed by atoms with Crippen molar-refractivity contribution in [2.45, 2.75) is 19.5 Å². The lowest BCUT2D eigenvalue weighted by Crippen LogP contribution is -2.50. The topological polar surface area (TPSA) is 105 Å². The fourth-order valence-electron chi connectivity index (χ4n) is 3.43. The van der Waals surface area contributed by atoms with Crippen LogP contribution in [0.1, 0.15) is 12.5 Å². The predicted octanol–water partition coefficient (Wildman–Crippen LogP) is 2.69. The number of ether oxygens (including phenoxy) is 2. The Kier molecular flexibility index (Phi) is 8.17. The maximum absolute atomic E-state index is 13.4. The molecule has 0 aliphatic carbocycles. The van der Waals surface area contributed by atoms with E-state index >= 15 is 0 Å². The Morgan fingerprint density at radius 1 is 1.09 bits per heavy atom. The van der Waals surface area contributed by atoms with Crippen LogP contribution in [0.3, 0.4) is 0 Å². The van der Waals surface area contributed by atoms with Gasteiger partial charge in [-0.3, -0.25) is 13.9 Å². The van der Waals surface area contributed by atoms with Crippen molar-refractivity contribution >= 4 is 50.7 Å². The molecule has 0 saturated heterocycles. The molecule has 0 spiro atoms. The lowest BCUT2D eigenvalue weighted by atomic mass is 10.1. The minimum absolute atomic E-state index is 0.0256. The third kappa shape index (κ3) is 6.05. The molecule has 0 aromatic heterocycles. The summed E-state index contributed by atoms with van der Waals surface area (Å²) < 4.78 is 37.3. The number of hydrogen-bond acceptors (Lipinski definition) is 6. The summed E-state index contributed by atoms with van der Waals surface area (Å²) in [5.41, 5.74) is 0.789. The smallest absolute Gasteiger partial charge is 0.244 e. The molecule has 1 aliphatic heterocycles. The molecule has 184 valence electrons. The van der Waals surface area contributed by atoms with E-state index in [9.17, 15) is 18.0 Å². The Balaban J connectivity index is 1.93. The first-order valence-corrected chi connectivity index (χ1v) is 12.9. The third-order valence-electron chi connectivity index (χ3n) is 5.26. The molecule has 2 aromatic carbocycles. The van der Waals surface area contributed by atoms with E-state index in [1.807, 2.05) is 0 Å². The zero-order valence-corrected chi connectivity index (χ0v) is 21.2. The maximum atomic E-state index is 13.4. The molecule has 1 aliphatic rings. The molecule has 3 rings (SSSR count). The molecule has 9 nitrogen and oxygen atoms in total. The molecule has 34 heavy (non-hydrogen) atoms. The molecule has 0 radical (unpaired) electrons. The number of nitrogens with one attached hydrogen (secondary N) is 1. The zero-order valence-electron chi connectivity index (χ0n) is 18.9. The van der Waals surface area contributed by atoms with Gasteiger partial charge < -0.3 is 19.7 Å². The van der Waals surface area contributed by atoms with Crippen molar-refractivity contribution < 1.29 is 27.5 Å². The Hall–Kier alpha value is -2.69. The normalized spacial score (nSPS) is 13.7. The molecule has 1 heterocycles. The Morgan fingerprint density at radius 2 is 1.76 bits per heavy atom. The Morgan fingerprint density at radius 3 is 2.38 bits per heavy atom. The van der Waals surface area contributed by atoms with Gasteiger partial charge in [-0.15, -0.1) is 0 Å². The van der Waals surface area contributed by atoms with Crippen molar-refractivity contribution in [1.82, 2.24) is 10.2 Å². The molecule has 2 amide bonds. The fourth-order valence-corrected chi connectivity index (χ4v) is 4.74. The number of nitrogens with zero attached hydrogens (tertiary/aromatic N) is 2. The minimum atomic E-state index is -3.87. The molecule has 0 unspecified atom stereocenters. The van der Waals surface area contributed by atoms with E-state index in [-0.39, 0.29) is 12.2 Å². The van der Waals surface area contributed by atoms with Crippen LogP contribution in [0, 0.1) is 0 Å². The average molecular weight is 530 g/mol. The van der Waals surface area contributed by atoms with Crippen molar-refractivity contribution in [3.8, 4) is 11.5 Å². The van der Waals surface area contributed by atoms with Crippen LogP contribution in [0.15, 0.2) is 36.4 Å². The predicted molar refractivity (Wildman–Crippen MR) is 130 cm³/mol. The van der Waals surface area contributed by atoms with Crippen LogP contribution < -0.4 is 19.1 Å². The number of rotatable bonds is 8. The highest BCUT2D eigenvalue weighted by atomic mass is 35.5. The maximum Gasteiger partial charge on any atom is 0.244 e. The van der Waals surface area contributed by atoms with Crippen LogP contribution in [0.4, 0.5) is 5.69 Å². The van der Waals surface area contributed by atoms with Crippen LogP contribution in [-0.2, 0) is 26.2 Å². The highest BCUT2D eigenvalue weighted by Gasteiger charge is 2.30. The molecule has 1 N–H and O–H groups in total. The van der Waals surface area contributed by atoms with Gasteiger partial charge in [0, 0.05) is 29.7 Å². The summed E-state index contributed by atoms with van der Waals surface area (Å²) >= 11 is 12.3. The largest absolute Gasteiger partial charge is 0.486 e. The van der Waals surface area contributed by atoms with E-state index in [1.54, 1.807) is 25.1 Å². The summed E-state index contributed by atoms with van der Waals surface area (Å²) in [7, 11) is -2.41. The van der Waals surface area contributed by atoms with Crippen LogP contribution >= 0.6 is 23.2 Å². The van der Waals surface area contributed by atoms with E-state index in [0.29, 0.717) is 40.3 Å². The Bertz CT molecular complexity index is 1190. The first kappa shape index (κ1) is 25.9. The lowest BCUT2D eigenvalue weighted by molar-refractivity contribution is -0.139. The second kappa shape index (κ2) is 10.7. The van der Waals surface area contributed by atoms with Gasteiger partial charge in [0.15, 0.2) is 11.5 Å². The molecular weight excluding hydrogens is 505 g/mol. The minimum Gasteiger partial charge on any atom is -0.486 e. The van der Waals surface area contributed by atoms with Gasteiger partial charge in [-0.2, -0.15) is 0 Å². The second-order valence-electron chi connectivity index (χ2n) is 7.65. The van der Waals surface area contributed by atoms with Crippen molar-refractivity contribution in [3.05, 3.63) is 52.0 Å². The molecule has 0 saturated carbocycles. The molecule has 12 heteroatoms. The van der Waals surface area contributed by atoms with E-state index in [1.165, 1.54) is 30.1 Å². The molecule has 1 atom stereocenters. The number of carbonyl (C=O) groups is 2. The summed E-state index contributed by atoms with van der Waals surface area (Å²) in [6.45, 7) is 1.70. The van der Waals surface area contributed by atoms with Crippen LogP contribution in [-0.4, -0.2) is 64.2 Å². The summed E-state index contributed by atoms with van der Waals surface area (Å²) in [6.07, 6.45) is 1.000. The number of likely N-dealkylation sites (N-methyl/N-ethyl adjacent to an activating group) is 1. The van der Waals surface area contributed by atoms with Gasteiger partial charge in [-0.1, -0.05) is 29.3 Å². The monoisotopic (exact) mass is 529 g/mol. The number of benzene rings is 2. The molecule has 0 fully saturated rings. The summed E-state index contributed by atoms with van der Waals surface area (Å²) in [5, 5.41) is 3.25. The highest BCUT2D eigenvalue weighted by Crippen LogP contribution is 2.35. The number of fused-ring (bicyclic) bond motifs is 1. The molecule has 2 aromatic rings. The number of hydrogen-bond donors (Lipinski definition) is 1. The van der Waals surface area contributed by atoms with Gasteiger partial charge in [0.1, 0.15) is 25.8 Å². The van der Waals surface area contributed by atoms with E-state index < -0.39 is 34.4 Å². The number of sulfonamides is 1. The van der Waals surface area contributed by atoms with Gasteiger partial charge in [-0.25, -0.2) is 8.42 Å². The van der Waals surface area contributed by atoms with E-state index in [2.05, 4.69) is 5.32 Å². The standard InChI is InChI=1S/C22H25Cl2N3O6S/c1-14(22(29)25-2)26(12-15-4-5-16(23)10-18(15)24)21(28)13-27(34(3,30)31)17-6-7-19-20(11-17)33-9-8-32-19/h4-7,10-11,14H,8-9,12-13H2,1-3H3,(H,25,29)/t14-/m0/s1. The van der Waals surface area contributed by atoms with Crippen molar-refractivity contribution in [2.75, 3.05) is 37.4 Å². The average Bonchev–Trinajstić information content (AvgIpc) is 2.80. The summed E-state index contributed by atoms with van der Waals surface area (Å²) in [4.78, 5) is 27.1. The van der Waals surface area contributed by atoms with Crippen LogP contribution in [0.5, 0.6) is 11.5 Å². The van der Waals surface area contributed by atoms with Crippen molar-refractivity contribution in [3.63, 3.8) is 0 Å². The number of amides is 2. The van der Waals surface area contributed by atoms with Gasteiger partial charge in [-0.05, 0) is 36.8 Å². The summed E-state index contributed by atoms with van der Waals surface area (Å²) in [6, 6.07) is 8.53. The first-order chi connectivity index (χ1) is 16.0. The summed E-state index contributed by atoms with van der Waals surface area (Å²) in [5.74, 6) is -0.137. The molecule has 0 bridgehead atoms. The van der Waals surface area contributed by atoms with Gasteiger partial charge >= 0.3 is 0 Å². The fraction of sp³-hybridized carbons (Fsp3) is 0.364. The van der Waals surface area contributed by atoms with Crippen LogP contribution in [0.2, 0.25) is 10.0 Å². The van der Waals surface area contributed by atoms with E-state index in [0.717, 1.165) is 10.6 Å². The quantitative estimate of drug-likeness (QED) is 0.563. The van der Waals surface area contributed by atoms with Crippen molar-refractivity contribution in [2.24, 2.45) is 0 Å². The van der Waals surface area contributed by atoms with E-state index in [4.69, 9.17) is 32.7 Å². The Labute approximate surface area is 208 Å². The number of halogens is 2. The van der Waals surface area contributed by atoms with Crippen molar-refractivity contribution in [1.29, 1.82) is 0 Å². The zero-order chi connectivity index (χ0) is 25.0. The number of anilines is 1. The molecular formula is C22H25Cl2N3O6S. The third-order valence-corrected chi connectivity index (χ3v) is 6.99. The van der Waals surface area contributed by atoms with Gasteiger partial charge in [0.2, 0.25) is 21.8 Å². The number of carbonyl (C=O) groups excluding carboxylic acids is 2. The SMILES string of the molecule is CNC(=O)[C@H](C)N(Cc1ccc(Cl)cc1Cl)C(=O)CN(c1ccc2c(c1)OCCO2)S(C)(=O)=O. The first-order valence-electron chi connectivity index (χ1n) is 10.3. The van der Waals surface area contributed by atoms with Crippen LogP contribution in [0.25, 0.3) is 0 Å². The lowest BCUT2D eigenvalue weighted by Gasteiger charge is -2.31. The highest BCUT2D eigenvalue weighted by molar-refractivity contribution is 7.92. The second-order valence-corrected chi connectivity index (χ2v) is 10.4. The van der Waals surface area contributed by atoms with Gasteiger partial charge in [0.05, 0.1) is 11.9 Å².